The van der Waals surface area contributed by atoms with Crippen molar-refractivity contribution in [2.24, 2.45) is 0 Å². The molecule has 2 N–H and O–H groups in total. The molecule has 0 saturated heterocycles. The molecular weight excluding hydrogens is 414 g/mol. The lowest BCUT2D eigenvalue weighted by molar-refractivity contribution is -0.115. The van der Waals surface area contributed by atoms with Gasteiger partial charge in [-0.25, -0.2) is 9.78 Å². The zero-order valence-corrected chi connectivity index (χ0v) is 17.6. The molecule has 1 aromatic heterocycles. The fourth-order valence-corrected chi connectivity index (χ4v) is 3.63. The third kappa shape index (κ3) is 5.41. The molecule has 0 spiro atoms. The van der Waals surface area contributed by atoms with E-state index in [2.05, 4.69) is 16.4 Å². The van der Waals surface area contributed by atoms with Crippen LogP contribution in [0, 0.1) is 11.3 Å². The van der Waals surface area contributed by atoms with E-state index in [0.29, 0.717) is 22.0 Å². The van der Waals surface area contributed by atoms with Crippen molar-refractivity contribution >= 4 is 29.3 Å². The fraction of sp³-hybridized carbons (Fsp3) is 0.130. The quantitative estimate of drug-likeness (QED) is 0.530. The first kappa shape index (κ1) is 21.9. The summed E-state index contributed by atoms with van der Waals surface area (Å²) in [5, 5.41) is 21.1. The molecule has 2 aromatic carbocycles. The van der Waals surface area contributed by atoms with Crippen molar-refractivity contribution in [1.82, 2.24) is 4.98 Å². The van der Waals surface area contributed by atoms with Gasteiger partial charge < -0.3 is 15.2 Å². The standard InChI is InChI=1S/C23H19N3O4S/c1-14(21(27)25-18-5-3-4-16(12-18)23(28)29)31-22-17(13-24)8-11-20(26-22)15-6-9-19(30-2)10-7-15/h3-12,14H,1-2H3,(H,25,27)(H,28,29). The topological polar surface area (TPSA) is 112 Å². The lowest BCUT2D eigenvalue weighted by atomic mass is 10.1. The Morgan fingerprint density at radius 1 is 1.16 bits per heavy atom. The third-order valence-corrected chi connectivity index (χ3v) is 5.50. The van der Waals surface area contributed by atoms with Crippen LogP contribution in [-0.4, -0.2) is 34.3 Å². The minimum Gasteiger partial charge on any atom is -0.497 e. The highest BCUT2D eigenvalue weighted by molar-refractivity contribution is 8.00. The number of carbonyl (C=O) groups is 2. The number of nitriles is 1. The summed E-state index contributed by atoms with van der Waals surface area (Å²) >= 11 is 1.16. The van der Waals surface area contributed by atoms with Gasteiger partial charge in [0.1, 0.15) is 16.8 Å². The van der Waals surface area contributed by atoms with Crippen molar-refractivity contribution in [3.8, 4) is 23.1 Å². The van der Waals surface area contributed by atoms with Gasteiger partial charge in [0.25, 0.3) is 0 Å². The van der Waals surface area contributed by atoms with Crippen LogP contribution < -0.4 is 10.1 Å². The van der Waals surface area contributed by atoms with Crippen LogP contribution in [0.1, 0.15) is 22.8 Å². The van der Waals surface area contributed by atoms with E-state index in [4.69, 9.17) is 9.84 Å². The number of pyridine rings is 1. The number of methoxy groups -OCH3 is 1. The Morgan fingerprint density at radius 2 is 1.90 bits per heavy atom. The zero-order chi connectivity index (χ0) is 22.4. The molecule has 156 valence electrons. The summed E-state index contributed by atoms with van der Waals surface area (Å²) in [6.45, 7) is 1.70. The number of benzene rings is 2. The van der Waals surface area contributed by atoms with Gasteiger partial charge >= 0.3 is 5.97 Å². The first-order chi connectivity index (χ1) is 14.9. The Labute approximate surface area is 183 Å². The van der Waals surface area contributed by atoms with Gasteiger partial charge in [0.2, 0.25) is 5.91 Å². The number of aromatic nitrogens is 1. The molecule has 0 radical (unpaired) electrons. The lowest BCUT2D eigenvalue weighted by Gasteiger charge is -2.13. The van der Waals surface area contributed by atoms with Crippen LogP contribution in [0.15, 0.2) is 65.7 Å². The predicted molar refractivity (Wildman–Crippen MR) is 118 cm³/mol. The molecule has 1 amide bonds. The van der Waals surface area contributed by atoms with Crippen LogP contribution in [0.5, 0.6) is 5.75 Å². The zero-order valence-electron chi connectivity index (χ0n) is 16.8. The minimum atomic E-state index is -1.07. The molecule has 0 aliphatic heterocycles. The van der Waals surface area contributed by atoms with E-state index in [9.17, 15) is 14.9 Å². The van der Waals surface area contributed by atoms with Gasteiger partial charge in [-0.05, 0) is 61.5 Å². The maximum atomic E-state index is 12.6. The Morgan fingerprint density at radius 3 is 2.55 bits per heavy atom. The van der Waals surface area contributed by atoms with Gasteiger partial charge in [0, 0.05) is 11.3 Å². The second-order valence-corrected chi connectivity index (χ2v) is 7.85. The maximum Gasteiger partial charge on any atom is 0.335 e. The van der Waals surface area contributed by atoms with Gasteiger partial charge in [-0.15, -0.1) is 0 Å². The summed E-state index contributed by atoms with van der Waals surface area (Å²) < 4.78 is 5.17. The number of hydrogen-bond donors (Lipinski definition) is 2. The lowest BCUT2D eigenvalue weighted by Crippen LogP contribution is -2.22. The van der Waals surface area contributed by atoms with Crippen molar-refractivity contribution in [1.29, 1.82) is 5.26 Å². The number of carboxylic acids is 1. The average molecular weight is 433 g/mol. The van der Waals surface area contributed by atoms with Crippen molar-refractivity contribution in [3.63, 3.8) is 0 Å². The predicted octanol–water partition coefficient (Wildman–Crippen LogP) is 4.45. The molecule has 0 fully saturated rings. The van der Waals surface area contributed by atoms with Crippen LogP contribution in [0.3, 0.4) is 0 Å². The molecule has 3 rings (SSSR count). The van der Waals surface area contributed by atoms with Gasteiger partial charge in [-0.1, -0.05) is 17.8 Å². The fourth-order valence-electron chi connectivity index (χ4n) is 2.73. The average Bonchev–Trinajstić information content (AvgIpc) is 2.79. The SMILES string of the molecule is COc1ccc(-c2ccc(C#N)c(SC(C)C(=O)Nc3cccc(C(=O)O)c3)n2)cc1. The Hall–Kier alpha value is -3.83. The molecule has 0 aliphatic carbocycles. The highest BCUT2D eigenvalue weighted by atomic mass is 32.2. The molecule has 1 atom stereocenters. The second kappa shape index (κ2) is 9.78. The van der Waals surface area contributed by atoms with E-state index in [1.54, 1.807) is 38.3 Å². The van der Waals surface area contributed by atoms with Gasteiger partial charge in [0.05, 0.1) is 29.2 Å². The van der Waals surface area contributed by atoms with E-state index in [0.717, 1.165) is 23.1 Å². The van der Waals surface area contributed by atoms with Crippen LogP contribution in [0.25, 0.3) is 11.3 Å². The summed E-state index contributed by atoms with van der Waals surface area (Å²) in [5.41, 5.74) is 2.37. The number of hydrogen-bond acceptors (Lipinski definition) is 6. The van der Waals surface area contributed by atoms with Crippen molar-refractivity contribution < 1.29 is 19.4 Å². The molecule has 0 bridgehead atoms. The smallest absolute Gasteiger partial charge is 0.335 e. The minimum absolute atomic E-state index is 0.0822. The number of amides is 1. The van der Waals surface area contributed by atoms with Crippen molar-refractivity contribution in [3.05, 3.63) is 71.8 Å². The summed E-state index contributed by atoms with van der Waals surface area (Å²) in [5.74, 6) is -0.672. The largest absolute Gasteiger partial charge is 0.497 e. The summed E-state index contributed by atoms with van der Waals surface area (Å²) in [4.78, 5) is 28.3. The highest BCUT2D eigenvalue weighted by Crippen LogP contribution is 2.29. The summed E-state index contributed by atoms with van der Waals surface area (Å²) in [6.07, 6.45) is 0. The molecule has 7 nitrogen and oxygen atoms in total. The molecule has 8 heteroatoms. The van der Waals surface area contributed by atoms with Crippen LogP contribution in [0.2, 0.25) is 0 Å². The van der Waals surface area contributed by atoms with Crippen LogP contribution >= 0.6 is 11.8 Å². The van der Waals surface area contributed by atoms with Gasteiger partial charge in [-0.3, -0.25) is 4.79 Å². The number of carbonyl (C=O) groups excluding carboxylic acids is 1. The van der Waals surface area contributed by atoms with Crippen molar-refractivity contribution in [2.45, 2.75) is 17.2 Å². The number of rotatable bonds is 7. The monoisotopic (exact) mass is 433 g/mol. The Kier molecular flexibility index (Phi) is 6.90. The molecule has 1 unspecified atom stereocenters. The third-order valence-electron chi connectivity index (χ3n) is 4.40. The highest BCUT2D eigenvalue weighted by Gasteiger charge is 2.19. The number of anilines is 1. The van der Waals surface area contributed by atoms with Gasteiger partial charge in [-0.2, -0.15) is 5.26 Å². The molecule has 1 heterocycles. The van der Waals surface area contributed by atoms with Gasteiger partial charge in [0.15, 0.2) is 0 Å². The van der Waals surface area contributed by atoms with Crippen molar-refractivity contribution in [2.75, 3.05) is 12.4 Å². The number of thioether (sulfide) groups is 1. The summed E-state index contributed by atoms with van der Waals surface area (Å²) in [7, 11) is 1.59. The first-order valence-electron chi connectivity index (χ1n) is 9.27. The molecule has 0 aliphatic rings. The van der Waals surface area contributed by atoms with Crippen LogP contribution in [-0.2, 0) is 4.79 Å². The van der Waals surface area contributed by atoms with E-state index in [1.807, 2.05) is 24.3 Å². The van der Waals surface area contributed by atoms with E-state index in [-0.39, 0.29) is 11.5 Å². The molecule has 31 heavy (non-hydrogen) atoms. The normalized spacial score (nSPS) is 11.3. The van der Waals surface area contributed by atoms with Crippen LogP contribution in [0.4, 0.5) is 5.69 Å². The number of aromatic carboxylic acids is 1. The number of carboxylic acid groups (broad SMARTS) is 1. The molecular formula is C23H19N3O4S. The summed E-state index contributed by atoms with van der Waals surface area (Å²) in [6, 6.07) is 18.9. The Balaban J connectivity index is 1.78. The number of nitrogens with one attached hydrogen (secondary N) is 1. The van der Waals surface area contributed by atoms with E-state index < -0.39 is 11.2 Å². The molecule has 3 aromatic rings. The van der Waals surface area contributed by atoms with E-state index in [1.165, 1.54) is 12.1 Å². The number of ether oxygens (including phenoxy) is 1. The first-order valence-corrected chi connectivity index (χ1v) is 10.2. The second-order valence-electron chi connectivity index (χ2n) is 6.52. The maximum absolute atomic E-state index is 12.6. The van der Waals surface area contributed by atoms with E-state index >= 15 is 0 Å². The number of nitrogens with zero attached hydrogens (tertiary/aromatic N) is 2. The molecule has 0 saturated carbocycles. The Bertz CT molecular complexity index is 1160.